The highest BCUT2D eigenvalue weighted by molar-refractivity contribution is 5.89. The predicted octanol–water partition coefficient (Wildman–Crippen LogP) is 1.98. The van der Waals surface area contributed by atoms with Crippen LogP contribution in [-0.4, -0.2) is 31.9 Å². The summed E-state index contributed by atoms with van der Waals surface area (Å²) >= 11 is 0. The maximum Gasteiger partial charge on any atom is 0.337 e. The molecule has 1 saturated heterocycles. The highest BCUT2D eigenvalue weighted by Gasteiger charge is 2.15. The Labute approximate surface area is 129 Å². The van der Waals surface area contributed by atoms with Gasteiger partial charge in [-0.1, -0.05) is 12.1 Å². The van der Waals surface area contributed by atoms with Crippen LogP contribution in [0.1, 0.15) is 41.6 Å². The number of hydrogen-bond donors (Lipinski definition) is 1. The summed E-state index contributed by atoms with van der Waals surface area (Å²) in [5.74, 6) is -0.559. The van der Waals surface area contributed by atoms with E-state index in [0.717, 1.165) is 24.8 Å². The number of methoxy groups -OCH3 is 1. The van der Waals surface area contributed by atoms with E-state index in [1.54, 1.807) is 12.1 Å². The Morgan fingerprint density at radius 3 is 2.68 bits per heavy atom. The molecule has 2 rings (SSSR count). The molecular weight excluding hydrogens is 286 g/mol. The minimum Gasteiger partial charge on any atom is -0.465 e. The van der Waals surface area contributed by atoms with Gasteiger partial charge in [-0.05, 0) is 37.0 Å². The first kappa shape index (κ1) is 16.5. The molecule has 1 heterocycles. The molecule has 1 aromatic carbocycles. The van der Waals surface area contributed by atoms with Crippen molar-refractivity contribution in [3.05, 3.63) is 35.4 Å². The number of hydroxylamine groups is 1. The number of carbonyl (C=O) groups is 2. The zero-order valence-electron chi connectivity index (χ0n) is 12.7. The third kappa shape index (κ3) is 5.13. The van der Waals surface area contributed by atoms with Crippen LogP contribution in [0.2, 0.25) is 0 Å². The summed E-state index contributed by atoms with van der Waals surface area (Å²) in [5.41, 5.74) is 3.89. The molecule has 1 atom stereocenters. The molecule has 1 aliphatic rings. The van der Waals surface area contributed by atoms with E-state index in [1.807, 2.05) is 12.1 Å². The standard InChI is InChI=1S/C16H21NO5/c1-20-16(19)13-8-5-12(6-9-13)7-10-14(18)17-22-15-4-2-3-11-21-15/h5-6,8-9,15H,2-4,7,10-11H2,1H3,(H,17,18). The lowest BCUT2D eigenvalue weighted by molar-refractivity contribution is -0.200. The molecule has 0 radical (unpaired) electrons. The van der Waals surface area contributed by atoms with Gasteiger partial charge in [-0.3, -0.25) is 4.79 Å². The quantitative estimate of drug-likeness (QED) is 0.642. The maximum absolute atomic E-state index is 11.7. The number of esters is 1. The van der Waals surface area contributed by atoms with E-state index in [4.69, 9.17) is 9.57 Å². The van der Waals surface area contributed by atoms with Gasteiger partial charge in [0.25, 0.3) is 0 Å². The fourth-order valence-corrected chi connectivity index (χ4v) is 2.17. The molecule has 0 aliphatic carbocycles. The first-order valence-corrected chi connectivity index (χ1v) is 7.42. The van der Waals surface area contributed by atoms with Gasteiger partial charge in [0.05, 0.1) is 12.7 Å². The van der Waals surface area contributed by atoms with Crippen molar-refractivity contribution in [3.8, 4) is 0 Å². The fourth-order valence-electron chi connectivity index (χ4n) is 2.17. The van der Waals surface area contributed by atoms with Gasteiger partial charge in [-0.2, -0.15) is 0 Å². The average molecular weight is 307 g/mol. The summed E-state index contributed by atoms with van der Waals surface area (Å²) in [6.45, 7) is 0.674. The van der Waals surface area contributed by atoms with Crippen LogP contribution in [0.5, 0.6) is 0 Å². The second kappa shape index (κ2) is 8.51. The molecule has 0 spiro atoms. The Bertz CT molecular complexity index is 494. The smallest absolute Gasteiger partial charge is 0.337 e. The number of aryl methyl sites for hydroxylation is 1. The summed E-state index contributed by atoms with van der Waals surface area (Å²) in [7, 11) is 1.34. The molecule has 1 aliphatic heterocycles. The van der Waals surface area contributed by atoms with E-state index < -0.39 is 0 Å². The van der Waals surface area contributed by atoms with E-state index in [-0.39, 0.29) is 18.2 Å². The summed E-state index contributed by atoms with van der Waals surface area (Å²) < 4.78 is 9.99. The van der Waals surface area contributed by atoms with E-state index in [1.165, 1.54) is 7.11 Å². The summed E-state index contributed by atoms with van der Waals surface area (Å²) in [4.78, 5) is 28.2. The Balaban J connectivity index is 1.70. The van der Waals surface area contributed by atoms with Gasteiger partial charge >= 0.3 is 5.97 Å². The van der Waals surface area contributed by atoms with E-state index in [2.05, 4.69) is 10.2 Å². The molecule has 1 amide bonds. The molecule has 1 unspecified atom stereocenters. The van der Waals surface area contributed by atoms with Crippen LogP contribution in [0.3, 0.4) is 0 Å². The van der Waals surface area contributed by atoms with Crippen molar-refractivity contribution in [1.29, 1.82) is 0 Å². The second-order valence-electron chi connectivity index (χ2n) is 5.13. The van der Waals surface area contributed by atoms with Crippen molar-refractivity contribution in [3.63, 3.8) is 0 Å². The van der Waals surface area contributed by atoms with Crippen LogP contribution >= 0.6 is 0 Å². The number of ether oxygens (including phenoxy) is 2. The summed E-state index contributed by atoms with van der Waals surface area (Å²) in [5, 5.41) is 0. The topological polar surface area (TPSA) is 73.9 Å². The van der Waals surface area contributed by atoms with Gasteiger partial charge in [0.15, 0.2) is 6.29 Å². The third-order valence-electron chi connectivity index (χ3n) is 3.46. The first-order chi connectivity index (χ1) is 10.7. The minimum absolute atomic E-state index is 0.189. The number of amides is 1. The van der Waals surface area contributed by atoms with Gasteiger partial charge in [-0.15, -0.1) is 0 Å². The lowest BCUT2D eigenvalue weighted by Gasteiger charge is -2.22. The van der Waals surface area contributed by atoms with Crippen LogP contribution in [-0.2, 0) is 25.5 Å². The molecule has 6 nitrogen and oxygen atoms in total. The largest absolute Gasteiger partial charge is 0.465 e. The number of hydrogen-bond acceptors (Lipinski definition) is 5. The van der Waals surface area contributed by atoms with Crippen molar-refractivity contribution >= 4 is 11.9 Å². The number of rotatable bonds is 6. The molecule has 22 heavy (non-hydrogen) atoms. The number of nitrogens with one attached hydrogen (secondary N) is 1. The van der Waals surface area contributed by atoms with Gasteiger partial charge in [0.1, 0.15) is 0 Å². The monoisotopic (exact) mass is 307 g/mol. The molecule has 6 heteroatoms. The Kier molecular flexibility index (Phi) is 6.36. The van der Waals surface area contributed by atoms with Crippen LogP contribution in [0.25, 0.3) is 0 Å². The summed E-state index contributed by atoms with van der Waals surface area (Å²) in [6.07, 6.45) is 3.43. The van der Waals surface area contributed by atoms with Crippen molar-refractivity contribution in [2.75, 3.05) is 13.7 Å². The molecule has 1 aromatic rings. The van der Waals surface area contributed by atoms with Crippen LogP contribution < -0.4 is 5.48 Å². The van der Waals surface area contributed by atoms with E-state index in [9.17, 15) is 9.59 Å². The van der Waals surface area contributed by atoms with E-state index >= 15 is 0 Å². The second-order valence-corrected chi connectivity index (χ2v) is 5.13. The Morgan fingerprint density at radius 2 is 2.05 bits per heavy atom. The van der Waals surface area contributed by atoms with E-state index in [0.29, 0.717) is 25.0 Å². The SMILES string of the molecule is COC(=O)c1ccc(CCC(=O)NOC2CCCCO2)cc1. The van der Waals surface area contributed by atoms with Crippen LogP contribution in [0, 0.1) is 0 Å². The average Bonchev–Trinajstić information content (AvgIpc) is 2.58. The third-order valence-corrected chi connectivity index (χ3v) is 3.46. The van der Waals surface area contributed by atoms with Crippen LogP contribution in [0.4, 0.5) is 0 Å². The van der Waals surface area contributed by atoms with Gasteiger partial charge in [-0.25, -0.2) is 15.1 Å². The minimum atomic E-state index is -0.370. The van der Waals surface area contributed by atoms with Gasteiger partial charge in [0, 0.05) is 19.4 Å². The lowest BCUT2D eigenvalue weighted by Crippen LogP contribution is -2.33. The Morgan fingerprint density at radius 1 is 1.27 bits per heavy atom. The molecule has 1 fully saturated rings. The van der Waals surface area contributed by atoms with Crippen molar-refractivity contribution in [2.24, 2.45) is 0 Å². The van der Waals surface area contributed by atoms with Crippen molar-refractivity contribution in [1.82, 2.24) is 5.48 Å². The van der Waals surface area contributed by atoms with Crippen molar-refractivity contribution < 1.29 is 23.9 Å². The lowest BCUT2D eigenvalue weighted by atomic mass is 10.1. The van der Waals surface area contributed by atoms with Gasteiger partial charge < -0.3 is 9.47 Å². The number of carbonyl (C=O) groups excluding carboxylic acids is 2. The fraction of sp³-hybridized carbons (Fsp3) is 0.500. The molecule has 0 saturated carbocycles. The highest BCUT2D eigenvalue weighted by Crippen LogP contribution is 2.12. The molecule has 0 bridgehead atoms. The Hall–Kier alpha value is -1.92. The first-order valence-electron chi connectivity index (χ1n) is 7.42. The normalized spacial score (nSPS) is 17.8. The molecule has 0 aromatic heterocycles. The molecule has 1 N–H and O–H groups in total. The molecule has 120 valence electrons. The number of benzene rings is 1. The zero-order valence-corrected chi connectivity index (χ0v) is 12.7. The highest BCUT2D eigenvalue weighted by atomic mass is 16.8. The van der Waals surface area contributed by atoms with Gasteiger partial charge in [0.2, 0.25) is 5.91 Å². The maximum atomic E-state index is 11.7. The van der Waals surface area contributed by atoms with Crippen molar-refractivity contribution in [2.45, 2.75) is 38.4 Å². The summed E-state index contributed by atoms with van der Waals surface area (Å²) in [6, 6.07) is 6.99. The zero-order chi connectivity index (χ0) is 15.8. The van der Waals surface area contributed by atoms with Crippen LogP contribution in [0.15, 0.2) is 24.3 Å². The predicted molar refractivity (Wildman–Crippen MR) is 78.9 cm³/mol. The molecular formula is C16H21NO5.